The Bertz CT molecular complexity index is 675. The molecule has 0 saturated carbocycles. The molecule has 0 atom stereocenters. The van der Waals surface area contributed by atoms with E-state index in [0.29, 0.717) is 17.4 Å². The first-order valence-electron chi connectivity index (χ1n) is 6.07. The van der Waals surface area contributed by atoms with E-state index in [0.717, 1.165) is 0 Å². The number of nitrogens with one attached hydrogen (secondary N) is 1. The van der Waals surface area contributed by atoms with E-state index in [9.17, 15) is 10.1 Å². The number of nitro groups is 1. The van der Waals surface area contributed by atoms with Gasteiger partial charge in [-0.05, 0) is 13.0 Å². The first-order valence-corrected chi connectivity index (χ1v) is 6.07. The maximum Gasteiger partial charge on any atom is 0.311 e. The van der Waals surface area contributed by atoms with Gasteiger partial charge in [0.1, 0.15) is 17.4 Å². The van der Waals surface area contributed by atoms with E-state index in [2.05, 4.69) is 15.3 Å². The maximum absolute atomic E-state index is 11.0. The lowest BCUT2D eigenvalue weighted by molar-refractivity contribution is -0.385. The summed E-state index contributed by atoms with van der Waals surface area (Å²) in [5.74, 6) is 1.77. The maximum atomic E-state index is 11.0. The van der Waals surface area contributed by atoms with Gasteiger partial charge in [0.25, 0.3) is 0 Å². The molecule has 21 heavy (non-hydrogen) atoms. The Labute approximate surface area is 120 Å². The summed E-state index contributed by atoms with van der Waals surface area (Å²) in [6.45, 7) is 1.70. The van der Waals surface area contributed by atoms with Crippen LogP contribution in [-0.2, 0) is 0 Å². The van der Waals surface area contributed by atoms with Crippen molar-refractivity contribution in [2.45, 2.75) is 6.92 Å². The minimum Gasteiger partial charge on any atom is -0.497 e. The number of rotatable bonds is 5. The highest BCUT2D eigenvalue weighted by atomic mass is 16.6. The Morgan fingerprint density at radius 1 is 1.29 bits per heavy atom. The molecule has 0 radical (unpaired) electrons. The zero-order chi connectivity index (χ0) is 15.4. The molecule has 1 heterocycles. The van der Waals surface area contributed by atoms with Crippen molar-refractivity contribution in [3.8, 4) is 17.4 Å². The van der Waals surface area contributed by atoms with Crippen LogP contribution in [0.2, 0.25) is 0 Å². The lowest BCUT2D eigenvalue weighted by Crippen LogP contribution is -2.00. The molecule has 0 aliphatic rings. The Hall–Kier alpha value is -2.90. The zero-order valence-corrected chi connectivity index (χ0v) is 11.8. The monoisotopic (exact) mass is 290 g/mol. The van der Waals surface area contributed by atoms with Gasteiger partial charge in [-0.1, -0.05) is 0 Å². The Morgan fingerprint density at radius 2 is 2.05 bits per heavy atom. The largest absolute Gasteiger partial charge is 0.497 e. The molecular formula is C13H14N4O4. The zero-order valence-electron chi connectivity index (χ0n) is 11.8. The van der Waals surface area contributed by atoms with E-state index < -0.39 is 4.92 Å². The summed E-state index contributed by atoms with van der Waals surface area (Å²) in [5.41, 5.74) is -0.168. The van der Waals surface area contributed by atoms with Gasteiger partial charge in [0.05, 0.1) is 12.0 Å². The first-order chi connectivity index (χ1) is 10.0. The third-order valence-electron chi connectivity index (χ3n) is 2.65. The van der Waals surface area contributed by atoms with Crippen molar-refractivity contribution in [2.24, 2.45) is 0 Å². The smallest absolute Gasteiger partial charge is 0.311 e. The molecule has 0 aliphatic heterocycles. The fourth-order valence-electron chi connectivity index (χ4n) is 1.69. The van der Waals surface area contributed by atoms with Gasteiger partial charge in [0, 0.05) is 25.2 Å². The predicted octanol–water partition coefficient (Wildman–Crippen LogP) is 2.54. The molecule has 0 fully saturated rings. The molecule has 8 heteroatoms. The van der Waals surface area contributed by atoms with Crippen molar-refractivity contribution in [1.82, 2.24) is 9.97 Å². The number of ether oxygens (including phenoxy) is 2. The summed E-state index contributed by atoms with van der Waals surface area (Å²) in [7, 11) is 3.18. The molecule has 1 N–H and O–H groups in total. The number of nitro benzene ring substituents is 1. The minimum atomic E-state index is -0.526. The molecule has 0 aliphatic carbocycles. The van der Waals surface area contributed by atoms with Gasteiger partial charge < -0.3 is 14.8 Å². The molecule has 0 bridgehead atoms. The van der Waals surface area contributed by atoms with E-state index in [1.54, 1.807) is 20.0 Å². The first kappa shape index (κ1) is 14.5. The average Bonchev–Trinajstić information content (AvgIpc) is 2.46. The van der Waals surface area contributed by atoms with Crippen molar-refractivity contribution in [2.75, 3.05) is 19.5 Å². The van der Waals surface area contributed by atoms with E-state index in [1.165, 1.54) is 25.3 Å². The third-order valence-corrected chi connectivity index (χ3v) is 2.65. The summed E-state index contributed by atoms with van der Waals surface area (Å²) in [6, 6.07) is 5.81. The second kappa shape index (κ2) is 6.04. The molecule has 1 aromatic heterocycles. The van der Waals surface area contributed by atoms with E-state index in [1.807, 2.05) is 0 Å². The normalized spacial score (nSPS) is 10.0. The highest BCUT2D eigenvalue weighted by Gasteiger charge is 2.18. The van der Waals surface area contributed by atoms with Crippen molar-refractivity contribution < 1.29 is 14.4 Å². The number of hydrogen-bond donors (Lipinski definition) is 1. The number of aromatic nitrogens is 2. The summed E-state index contributed by atoms with van der Waals surface area (Å²) >= 11 is 0. The van der Waals surface area contributed by atoms with Crippen LogP contribution in [0.3, 0.4) is 0 Å². The van der Waals surface area contributed by atoms with Gasteiger partial charge in [-0.2, -0.15) is 4.98 Å². The van der Waals surface area contributed by atoms with Crippen LogP contribution in [0.4, 0.5) is 11.5 Å². The number of benzene rings is 1. The molecular weight excluding hydrogens is 276 g/mol. The van der Waals surface area contributed by atoms with Gasteiger partial charge >= 0.3 is 5.69 Å². The number of aryl methyl sites for hydroxylation is 1. The molecule has 0 unspecified atom stereocenters. The van der Waals surface area contributed by atoms with Crippen LogP contribution in [0.1, 0.15) is 5.82 Å². The van der Waals surface area contributed by atoms with Gasteiger partial charge in [0.2, 0.25) is 11.6 Å². The SMILES string of the molecule is CNc1cc(Oc2cc(OC)ccc2[N+](=O)[O-])nc(C)n1. The Balaban J connectivity index is 2.42. The molecule has 0 amide bonds. The van der Waals surface area contributed by atoms with Crippen LogP contribution in [0, 0.1) is 17.0 Å². The molecule has 2 rings (SSSR count). The van der Waals surface area contributed by atoms with Gasteiger partial charge in [-0.25, -0.2) is 4.98 Å². The molecule has 0 spiro atoms. The van der Waals surface area contributed by atoms with Crippen LogP contribution in [-0.4, -0.2) is 29.0 Å². The van der Waals surface area contributed by atoms with Gasteiger partial charge in [0.15, 0.2) is 0 Å². The number of nitrogens with zero attached hydrogens (tertiary/aromatic N) is 3. The lowest BCUT2D eigenvalue weighted by Gasteiger charge is -2.09. The van der Waals surface area contributed by atoms with E-state index >= 15 is 0 Å². The summed E-state index contributed by atoms with van der Waals surface area (Å²) < 4.78 is 10.6. The fourth-order valence-corrected chi connectivity index (χ4v) is 1.69. The van der Waals surface area contributed by atoms with Crippen molar-refractivity contribution in [3.63, 3.8) is 0 Å². The topological polar surface area (TPSA) is 99.4 Å². The highest BCUT2D eigenvalue weighted by molar-refractivity contribution is 5.52. The van der Waals surface area contributed by atoms with Crippen LogP contribution in [0.5, 0.6) is 17.4 Å². The van der Waals surface area contributed by atoms with Gasteiger partial charge in [-0.15, -0.1) is 0 Å². The second-order valence-electron chi connectivity index (χ2n) is 4.08. The fraction of sp³-hybridized carbons (Fsp3) is 0.231. The van der Waals surface area contributed by atoms with Gasteiger partial charge in [-0.3, -0.25) is 10.1 Å². The molecule has 0 saturated heterocycles. The van der Waals surface area contributed by atoms with Crippen molar-refractivity contribution in [3.05, 3.63) is 40.2 Å². The number of methoxy groups -OCH3 is 1. The summed E-state index contributed by atoms with van der Waals surface area (Å²) in [4.78, 5) is 18.7. The number of anilines is 1. The number of hydrogen-bond acceptors (Lipinski definition) is 7. The quantitative estimate of drug-likeness (QED) is 0.667. The van der Waals surface area contributed by atoms with Crippen LogP contribution in [0.15, 0.2) is 24.3 Å². The van der Waals surface area contributed by atoms with E-state index in [-0.39, 0.29) is 17.3 Å². The summed E-state index contributed by atoms with van der Waals surface area (Å²) in [5, 5.41) is 13.9. The average molecular weight is 290 g/mol. The Kier molecular flexibility index (Phi) is 4.17. The van der Waals surface area contributed by atoms with Crippen LogP contribution in [0.25, 0.3) is 0 Å². The van der Waals surface area contributed by atoms with Crippen LogP contribution >= 0.6 is 0 Å². The molecule has 110 valence electrons. The Morgan fingerprint density at radius 3 is 2.67 bits per heavy atom. The third kappa shape index (κ3) is 3.35. The lowest BCUT2D eigenvalue weighted by atomic mass is 10.3. The standard InChI is InChI=1S/C13H14N4O4/c1-8-15-12(14-2)7-13(16-8)21-11-6-9(20-3)4-5-10(11)17(18)19/h4-7H,1-3H3,(H,14,15,16). The molecule has 2 aromatic rings. The summed E-state index contributed by atoms with van der Waals surface area (Å²) in [6.07, 6.45) is 0. The predicted molar refractivity (Wildman–Crippen MR) is 76.0 cm³/mol. The molecule has 1 aromatic carbocycles. The molecule has 8 nitrogen and oxygen atoms in total. The van der Waals surface area contributed by atoms with E-state index in [4.69, 9.17) is 9.47 Å². The minimum absolute atomic E-state index is 0.0551. The van der Waals surface area contributed by atoms with Crippen LogP contribution < -0.4 is 14.8 Å². The second-order valence-corrected chi connectivity index (χ2v) is 4.08. The van der Waals surface area contributed by atoms with Crippen molar-refractivity contribution >= 4 is 11.5 Å². The highest BCUT2D eigenvalue weighted by Crippen LogP contribution is 2.34. The van der Waals surface area contributed by atoms with Crippen molar-refractivity contribution in [1.29, 1.82) is 0 Å².